The minimum absolute atomic E-state index is 0.251. The van der Waals surface area contributed by atoms with Crippen LogP contribution in [0.5, 0.6) is 17.2 Å². The molecule has 108 valence electrons. The van der Waals surface area contributed by atoms with E-state index in [1.807, 2.05) is 36.4 Å². The standard InChI is InChI=1S/C17H16O4/c18-15-10-21-17-7-12(5-6-14(15)17)19-8-11-9-20-16-4-2-1-3-13(11)16/h1-7,11,15,18H,8-10H2. The number of benzene rings is 2. The normalized spacial score (nSPS) is 22.1. The van der Waals surface area contributed by atoms with Gasteiger partial charge in [0.2, 0.25) is 0 Å². The second-order valence-corrected chi connectivity index (χ2v) is 5.38. The average molecular weight is 284 g/mol. The Kier molecular flexibility index (Phi) is 2.97. The summed E-state index contributed by atoms with van der Waals surface area (Å²) in [6, 6.07) is 13.6. The first-order chi connectivity index (χ1) is 10.3. The lowest BCUT2D eigenvalue weighted by molar-refractivity contribution is 0.140. The van der Waals surface area contributed by atoms with E-state index in [1.165, 1.54) is 5.56 Å². The lowest BCUT2D eigenvalue weighted by Crippen LogP contribution is -2.11. The van der Waals surface area contributed by atoms with E-state index in [0.717, 1.165) is 17.1 Å². The Balaban J connectivity index is 1.46. The Labute approximate surface area is 122 Å². The molecular formula is C17H16O4. The Bertz CT molecular complexity index is 668. The fourth-order valence-electron chi connectivity index (χ4n) is 2.83. The van der Waals surface area contributed by atoms with Crippen LogP contribution >= 0.6 is 0 Å². The fourth-order valence-corrected chi connectivity index (χ4v) is 2.83. The van der Waals surface area contributed by atoms with E-state index in [4.69, 9.17) is 14.2 Å². The molecule has 4 rings (SSSR count). The molecule has 0 amide bonds. The summed E-state index contributed by atoms with van der Waals surface area (Å²) in [6.07, 6.45) is -0.524. The summed E-state index contributed by atoms with van der Waals surface area (Å²) in [4.78, 5) is 0. The van der Waals surface area contributed by atoms with Gasteiger partial charge in [0, 0.05) is 17.2 Å². The average Bonchev–Trinajstić information content (AvgIpc) is 3.09. The molecule has 0 aliphatic carbocycles. The largest absolute Gasteiger partial charge is 0.493 e. The van der Waals surface area contributed by atoms with Gasteiger partial charge >= 0.3 is 0 Å². The second-order valence-electron chi connectivity index (χ2n) is 5.38. The SMILES string of the molecule is OC1COc2cc(OCC3COc4ccccc43)ccc21. The van der Waals surface area contributed by atoms with Gasteiger partial charge in [-0.3, -0.25) is 0 Å². The Morgan fingerprint density at radius 2 is 1.86 bits per heavy atom. The minimum Gasteiger partial charge on any atom is -0.493 e. The molecule has 2 aliphatic heterocycles. The molecular weight excluding hydrogens is 268 g/mol. The number of hydrogen-bond acceptors (Lipinski definition) is 4. The molecule has 2 aromatic rings. The number of aliphatic hydroxyl groups is 1. The summed E-state index contributed by atoms with van der Waals surface area (Å²) in [7, 11) is 0. The van der Waals surface area contributed by atoms with Crippen LogP contribution in [-0.4, -0.2) is 24.9 Å². The van der Waals surface area contributed by atoms with Crippen LogP contribution in [0.1, 0.15) is 23.1 Å². The topological polar surface area (TPSA) is 47.9 Å². The van der Waals surface area contributed by atoms with Gasteiger partial charge in [0.1, 0.15) is 30.0 Å². The van der Waals surface area contributed by atoms with Crippen molar-refractivity contribution in [1.82, 2.24) is 0 Å². The predicted octanol–water partition coefficient (Wildman–Crippen LogP) is 2.67. The quantitative estimate of drug-likeness (QED) is 0.941. The third kappa shape index (κ3) is 2.21. The number of fused-ring (bicyclic) bond motifs is 2. The van der Waals surface area contributed by atoms with Crippen LogP contribution in [0.3, 0.4) is 0 Å². The highest BCUT2D eigenvalue weighted by Crippen LogP contribution is 2.37. The van der Waals surface area contributed by atoms with E-state index < -0.39 is 6.10 Å². The minimum atomic E-state index is -0.524. The van der Waals surface area contributed by atoms with Gasteiger partial charge in [0.25, 0.3) is 0 Å². The highest BCUT2D eigenvalue weighted by atomic mass is 16.5. The molecule has 4 heteroatoms. The van der Waals surface area contributed by atoms with Crippen molar-refractivity contribution < 1.29 is 19.3 Å². The van der Waals surface area contributed by atoms with Crippen LogP contribution in [-0.2, 0) is 0 Å². The molecule has 2 aromatic carbocycles. The highest BCUT2D eigenvalue weighted by molar-refractivity contribution is 5.44. The van der Waals surface area contributed by atoms with E-state index in [0.29, 0.717) is 25.6 Å². The number of rotatable bonds is 3. The first-order valence-corrected chi connectivity index (χ1v) is 7.10. The molecule has 0 spiro atoms. The van der Waals surface area contributed by atoms with E-state index >= 15 is 0 Å². The van der Waals surface area contributed by atoms with Crippen LogP contribution in [0, 0.1) is 0 Å². The van der Waals surface area contributed by atoms with Crippen molar-refractivity contribution in [2.24, 2.45) is 0 Å². The van der Waals surface area contributed by atoms with Gasteiger partial charge < -0.3 is 19.3 Å². The van der Waals surface area contributed by atoms with Crippen LogP contribution in [0.2, 0.25) is 0 Å². The Morgan fingerprint density at radius 1 is 1.00 bits per heavy atom. The van der Waals surface area contributed by atoms with Crippen molar-refractivity contribution in [1.29, 1.82) is 0 Å². The van der Waals surface area contributed by atoms with Crippen molar-refractivity contribution in [3.8, 4) is 17.2 Å². The third-order valence-corrected chi connectivity index (χ3v) is 3.99. The van der Waals surface area contributed by atoms with Gasteiger partial charge in [-0.05, 0) is 18.2 Å². The number of hydrogen-bond donors (Lipinski definition) is 1. The molecule has 0 aromatic heterocycles. The zero-order valence-corrected chi connectivity index (χ0v) is 11.5. The molecule has 0 radical (unpaired) electrons. The zero-order chi connectivity index (χ0) is 14.2. The summed E-state index contributed by atoms with van der Waals surface area (Å²) in [5.41, 5.74) is 2.03. The van der Waals surface area contributed by atoms with Crippen molar-refractivity contribution in [3.05, 3.63) is 53.6 Å². The molecule has 1 N–H and O–H groups in total. The lowest BCUT2D eigenvalue weighted by atomic mass is 10.0. The third-order valence-electron chi connectivity index (χ3n) is 3.99. The van der Waals surface area contributed by atoms with Gasteiger partial charge in [0.15, 0.2) is 0 Å². The molecule has 2 unspecified atom stereocenters. The first kappa shape index (κ1) is 12.5. The first-order valence-electron chi connectivity index (χ1n) is 7.10. The number of para-hydroxylation sites is 1. The van der Waals surface area contributed by atoms with Crippen LogP contribution in [0.25, 0.3) is 0 Å². The van der Waals surface area contributed by atoms with E-state index in [1.54, 1.807) is 0 Å². The van der Waals surface area contributed by atoms with E-state index in [9.17, 15) is 5.11 Å². The molecule has 4 nitrogen and oxygen atoms in total. The maximum atomic E-state index is 9.70. The molecule has 21 heavy (non-hydrogen) atoms. The maximum absolute atomic E-state index is 9.70. The number of aliphatic hydroxyl groups excluding tert-OH is 1. The summed E-state index contributed by atoms with van der Waals surface area (Å²) >= 11 is 0. The fraction of sp³-hybridized carbons (Fsp3) is 0.294. The van der Waals surface area contributed by atoms with Crippen molar-refractivity contribution in [2.75, 3.05) is 19.8 Å². The van der Waals surface area contributed by atoms with Gasteiger partial charge in [-0.15, -0.1) is 0 Å². The molecule has 2 atom stereocenters. The van der Waals surface area contributed by atoms with Gasteiger partial charge in [-0.25, -0.2) is 0 Å². The number of ether oxygens (including phenoxy) is 3. The van der Waals surface area contributed by atoms with E-state index in [2.05, 4.69) is 6.07 Å². The molecule has 2 aliphatic rings. The summed E-state index contributed by atoms with van der Waals surface area (Å²) < 4.78 is 16.9. The molecule has 0 bridgehead atoms. The summed E-state index contributed by atoms with van der Waals surface area (Å²) in [6.45, 7) is 1.54. The molecule has 0 fully saturated rings. The van der Waals surface area contributed by atoms with Crippen LogP contribution in [0.4, 0.5) is 0 Å². The summed E-state index contributed by atoms with van der Waals surface area (Å²) in [5.74, 6) is 2.67. The summed E-state index contributed by atoms with van der Waals surface area (Å²) in [5, 5.41) is 9.70. The van der Waals surface area contributed by atoms with E-state index in [-0.39, 0.29) is 5.92 Å². The van der Waals surface area contributed by atoms with Crippen molar-refractivity contribution >= 4 is 0 Å². The van der Waals surface area contributed by atoms with Crippen LogP contribution < -0.4 is 14.2 Å². The lowest BCUT2D eigenvalue weighted by Gasteiger charge is -2.12. The monoisotopic (exact) mass is 284 g/mol. The smallest absolute Gasteiger partial charge is 0.129 e. The van der Waals surface area contributed by atoms with Gasteiger partial charge in [-0.2, -0.15) is 0 Å². The Hall–Kier alpha value is -2.20. The Morgan fingerprint density at radius 3 is 2.81 bits per heavy atom. The highest BCUT2D eigenvalue weighted by Gasteiger charge is 2.25. The zero-order valence-electron chi connectivity index (χ0n) is 11.5. The predicted molar refractivity (Wildman–Crippen MR) is 77.1 cm³/mol. The van der Waals surface area contributed by atoms with Crippen LogP contribution in [0.15, 0.2) is 42.5 Å². The van der Waals surface area contributed by atoms with Gasteiger partial charge in [0.05, 0.1) is 19.1 Å². The molecule has 0 saturated heterocycles. The van der Waals surface area contributed by atoms with Gasteiger partial charge in [-0.1, -0.05) is 18.2 Å². The molecule has 2 heterocycles. The second kappa shape index (κ2) is 4.97. The molecule has 0 saturated carbocycles. The van der Waals surface area contributed by atoms with Crippen molar-refractivity contribution in [3.63, 3.8) is 0 Å². The van der Waals surface area contributed by atoms with Crippen molar-refractivity contribution in [2.45, 2.75) is 12.0 Å². The maximum Gasteiger partial charge on any atom is 0.129 e.